The van der Waals surface area contributed by atoms with Gasteiger partial charge >= 0.3 is 11.9 Å². The zero-order chi connectivity index (χ0) is 19.9. The number of hydrogen-bond donors (Lipinski definition) is 2. The number of carboxylic acid groups (broad SMARTS) is 1. The number of nitrogens with zero attached hydrogens (tertiary/aromatic N) is 2. The van der Waals surface area contributed by atoms with Crippen LogP contribution < -0.4 is 5.32 Å². The number of ether oxygens (including phenoxy) is 1. The number of aliphatic carboxylic acids is 1. The van der Waals surface area contributed by atoms with Gasteiger partial charge in [0, 0.05) is 12.6 Å². The normalized spacial score (nSPS) is 8.92. The molecule has 0 saturated heterocycles. The SMILES string of the molecule is CC.CCC(=O)OC.O=C(O)CNC(=O)c1cnn(-c2ccccc2)c1. The van der Waals surface area contributed by atoms with Crippen LogP contribution in [0.1, 0.15) is 37.6 Å². The molecule has 142 valence electrons. The molecule has 0 aliphatic carbocycles. The van der Waals surface area contributed by atoms with Gasteiger partial charge in [-0.15, -0.1) is 0 Å². The molecule has 0 unspecified atom stereocenters. The number of aromatic nitrogens is 2. The molecule has 0 aliphatic rings. The molecule has 2 rings (SSSR count). The van der Waals surface area contributed by atoms with Crippen LogP contribution in [-0.2, 0) is 14.3 Å². The van der Waals surface area contributed by atoms with Crippen LogP contribution in [0.15, 0.2) is 42.7 Å². The Bertz CT molecular complexity index is 677. The van der Waals surface area contributed by atoms with Crippen molar-refractivity contribution in [1.29, 1.82) is 0 Å². The first kappa shape index (κ1) is 22.8. The van der Waals surface area contributed by atoms with Crippen LogP contribution in [0, 0.1) is 0 Å². The fraction of sp³-hybridized carbons (Fsp3) is 0.333. The molecular formula is C18H25N3O5. The van der Waals surface area contributed by atoms with Crippen molar-refractivity contribution in [1.82, 2.24) is 15.1 Å². The molecule has 0 saturated carbocycles. The molecule has 8 heteroatoms. The highest BCUT2D eigenvalue weighted by Crippen LogP contribution is 2.07. The maximum atomic E-state index is 11.6. The lowest BCUT2D eigenvalue weighted by atomic mass is 10.3. The highest BCUT2D eigenvalue weighted by atomic mass is 16.5. The summed E-state index contributed by atoms with van der Waals surface area (Å²) in [6, 6.07) is 9.31. The molecule has 0 radical (unpaired) electrons. The van der Waals surface area contributed by atoms with Gasteiger partial charge in [-0.25, -0.2) is 4.68 Å². The number of esters is 1. The Hall–Kier alpha value is -3.16. The van der Waals surface area contributed by atoms with Crippen molar-refractivity contribution in [2.45, 2.75) is 27.2 Å². The molecule has 2 aromatic rings. The summed E-state index contributed by atoms with van der Waals surface area (Å²) >= 11 is 0. The summed E-state index contributed by atoms with van der Waals surface area (Å²) in [5, 5.41) is 14.8. The first-order valence-electron chi connectivity index (χ1n) is 8.14. The number of carbonyl (C=O) groups excluding carboxylic acids is 2. The second kappa shape index (κ2) is 13.2. The van der Waals surface area contributed by atoms with Gasteiger partial charge in [-0.1, -0.05) is 39.0 Å². The number of para-hydroxylation sites is 1. The molecule has 0 aliphatic heterocycles. The number of carboxylic acids is 1. The van der Waals surface area contributed by atoms with E-state index in [0.29, 0.717) is 12.0 Å². The first-order valence-corrected chi connectivity index (χ1v) is 8.14. The smallest absolute Gasteiger partial charge is 0.322 e. The lowest BCUT2D eigenvalue weighted by Crippen LogP contribution is -2.28. The Kier molecular flexibility index (Phi) is 11.6. The summed E-state index contributed by atoms with van der Waals surface area (Å²) in [4.78, 5) is 31.9. The number of methoxy groups -OCH3 is 1. The predicted octanol–water partition coefficient (Wildman–Crippen LogP) is 2.28. The van der Waals surface area contributed by atoms with Crippen molar-refractivity contribution in [3.05, 3.63) is 48.3 Å². The summed E-state index contributed by atoms with van der Waals surface area (Å²) in [6.07, 6.45) is 3.41. The highest BCUT2D eigenvalue weighted by molar-refractivity contribution is 5.95. The lowest BCUT2D eigenvalue weighted by Gasteiger charge is -2.00. The second-order valence-corrected chi connectivity index (χ2v) is 4.52. The third-order valence-electron chi connectivity index (χ3n) is 2.78. The number of nitrogens with one attached hydrogen (secondary N) is 1. The number of benzene rings is 1. The molecule has 1 aromatic heterocycles. The quantitative estimate of drug-likeness (QED) is 0.789. The van der Waals surface area contributed by atoms with Crippen molar-refractivity contribution in [3.63, 3.8) is 0 Å². The lowest BCUT2D eigenvalue weighted by molar-refractivity contribution is -0.140. The fourth-order valence-corrected chi connectivity index (χ4v) is 1.56. The molecule has 0 bridgehead atoms. The summed E-state index contributed by atoms with van der Waals surface area (Å²) in [7, 11) is 1.38. The number of rotatable bonds is 5. The van der Waals surface area contributed by atoms with E-state index in [2.05, 4.69) is 15.2 Å². The molecule has 0 atom stereocenters. The van der Waals surface area contributed by atoms with E-state index in [0.717, 1.165) is 5.69 Å². The van der Waals surface area contributed by atoms with Crippen LogP contribution >= 0.6 is 0 Å². The van der Waals surface area contributed by atoms with E-state index in [1.54, 1.807) is 17.8 Å². The van der Waals surface area contributed by atoms with Crippen LogP contribution in [0.25, 0.3) is 5.69 Å². The third-order valence-corrected chi connectivity index (χ3v) is 2.78. The van der Waals surface area contributed by atoms with E-state index < -0.39 is 18.4 Å². The fourth-order valence-electron chi connectivity index (χ4n) is 1.56. The Morgan fingerprint density at radius 3 is 2.27 bits per heavy atom. The minimum Gasteiger partial charge on any atom is -0.480 e. The minimum atomic E-state index is -1.08. The van der Waals surface area contributed by atoms with Crippen molar-refractivity contribution in [3.8, 4) is 5.69 Å². The topological polar surface area (TPSA) is 111 Å². The van der Waals surface area contributed by atoms with Crippen molar-refractivity contribution >= 4 is 17.8 Å². The van der Waals surface area contributed by atoms with Gasteiger partial charge in [0.2, 0.25) is 0 Å². The second-order valence-electron chi connectivity index (χ2n) is 4.52. The van der Waals surface area contributed by atoms with Crippen LogP contribution in [0.5, 0.6) is 0 Å². The summed E-state index contributed by atoms with van der Waals surface area (Å²) in [5.74, 6) is -1.70. The van der Waals surface area contributed by atoms with E-state index in [-0.39, 0.29) is 5.97 Å². The number of amides is 1. The summed E-state index contributed by atoms with van der Waals surface area (Å²) in [5.41, 5.74) is 1.15. The van der Waals surface area contributed by atoms with Crippen molar-refractivity contribution in [2.24, 2.45) is 0 Å². The van der Waals surface area contributed by atoms with E-state index in [9.17, 15) is 14.4 Å². The number of hydrogen-bond acceptors (Lipinski definition) is 5. The van der Waals surface area contributed by atoms with Gasteiger partial charge in [0.25, 0.3) is 5.91 Å². The molecular weight excluding hydrogens is 338 g/mol. The number of carbonyl (C=O) groups is 3. The van der Waals surface area contributed by atoms with E-state index in [1.165, 1.54) is 13.3 Å². The third kappa shape index (κ3) is 8.62. The van der Waals surface area contributed by atoms with Crippen LogP contribution in [-0.4, -0.2) is 46.4 Å². The van der Waals surface area contributed by atoms with Gasteiger partial charge in [0.15, 0.2) is 0 Å². The van der Waals surface area contributed by atoms with Gasteiger partial charge in [-0.05, 0) is 12.1 Å². The van der Waals surface area contributed by atoms with Gasteiger partial charge in [-0.3, -0.25) is 14.4 Å². The molecule has 1 amide bonds. The maximum absolute atomic E-state index is 11.6. The summed E-state index contributed by atoms with van der Waals surface area (Å²) in [6.45, 7) is 5.35. The molecule has 0 spiro atoms. The van der Waals surface area contributed by atoms with Gasteiger partial charge in [0.1, 0.15) is 6.54 Å². The van der Waals surface area contributed by atoms with Crippen molar-refractivity contribution < 1.29 is 24.2 Å². The Morgan fingerprint density at radius 2 is 1.81 bits per heavy atom. The van der Waals surface area contributed by atoms with Crippen LogP contribution in [0.2, 0.25) is 0 Å². The van der Waals surface area contributed by atoms with E-state index >= 15 is 0 Å². The first-order chi connectivity index (χ1) is 12.5. The molecule has 0 fully saturated rings. The van der Waals surface area contributed by atoms with Gasteiger partial charge in [-0.2, -0.15) is 5.10 Å². The molecule has 2 N–H and O–H groups in total. The average Bonchev–Trinajstić information content (AvgIpc) is 3.18. The minimum absolute atomic E-state index is 0.157. The summed E-state index contributed by atoms with van der Waals surface area (Å²) < 4.78 is 5.81. The zero-order valence-corrected chi connectivity index (χ0v) is 15.4. The standard InChI is InChI=1S/C12H11N3O3.C4H8O2.C2H6/c16-11(17)7-13-12(18)9-6-14-15(8-9)10-4-2-1-3-5-10;1-3-4(5)6-2;1-2/h1-6,8H,7H2,(H,13,18)(H,16,17);3H2,1-2H3;1-2H3. The van der Waals surface area contributed by atoms with Crippen molar-refractivity contribution in [2.75, 3.05) is 13.7 Å². The Labute approximate surface area is 152 Å². The Balaban J connectivity index is 0.000000667. The molecule has 1 heterocycles. The van der Waals surface area contributed by atoms with Gasteiger partial charge in [0.05, 0.1) is 24.6 Å². The largest absolute Gasteiger partial charge is 0.480 e. The highest BCUT2D eigenvalue weighted by Gasteiger charge is 2.10. The average molecular weight is 363 g/mol. The van der Waals surface area contributed by atoms with Gasteiger partial charge < -0.3 is 15.2 Å². The van der Waals surface area contributed by atoms with Crippen LogP contribution in [0.4, 0.5) is 0 Å². The zero-order valence-electron chi connectivity index (χ0n) is 15.4. The molecule has 26 heavy (non-hydrogen) atoms. The van der Waals surface area contributed by atoms with E-state index in [4.69, 9.17) is 5.11 Å². The molecule has 1 aromatic carbocycles. The molecule has 8 nitrogen and oxygen atoms in total. The van der Waals surface area contributed by atoms with E-state index in [1.807, 2.05) is 44.2 Å². The Morgan fingerprint density at radius 1 is 1.19 bits per heavy atom. The monoisotopic (exact) mass is 363 g/mol. The maximum Gasteiger partial charge on any atom is 0.322 e. The van der Waals surface area contributed by atoms with Crippen LogP contribution in [0.3, 0.4) is 0 Å². The predicted molar refractivity (Wildman–Crippen MR) is 97.2 cm³/mol.